The molecule has 0 bridgehead atoms. The fraction of sp³-hybridized carbons (Fsp3) is 0.226. The first kappa shape index (κ1) is 20.3. The summed E-state index contributed by atoms with van der Waals surface area (Å²) >= 11 is 4.06. The Labute approximate surface area is 210 Å². The van der Waals surface area contributed by atoms with E-state index in [1.54, 1.807) is 0 Å². The Morgan fingerprint density at radius 3 is 1.79 bits per heavy atom. The summed E-state index contributed by atoms with van der Waals surface area (Å²) in [5.41, 5.74) is 11.9. The Hall–Kier alpha value is -3.04. The molecule has 0 N–H and O–H groups in total. The second-order valence-corrected chi connectivity index (χ2v) is 11.6. The molecule has 3 aliphatic rings. The second-order valence-electron chi connectivity index (χ2n) is 10.8. The number of fused-ring (bicyclic) bond motifs is 4. The molecule has 3 heteroatoms. The van der Waals surface area contributed by atoms with E-state index >= 15 is 0 Å². The lowest BCUT2D eigenvalue weighted by Gasteiger charge is -2.42. The van der Waals surface area contributed by atoms with E-state index in [1.807, 2.05) is 0 Å². The van der Waals surface area contributed by atoms with E-state index < -0.39 is 0 Å². The molecule has 7 rings (SSSR count). The summed E-state index contributed by atoms with van der Waals surface area (Å²) in [6.07, 6.45) is 0.0532. The van der Waals surface area contributed by atoms with E-state index in [0.717, 1.165) is 0 Å². The quantitative estimate of drug-likeness (QED) is 0.254. The minimum atomic E-state index is -0.116. The molecular weight excluding hydrogens is 480 g/mol. The number of hydrogen-bond donors (Lipinski definition) is 0. The van der Waals surface area contributed by atoms with Crippen molar-refractivity contribution in [2.45, 2.75) is 44.7 Å². The number of anilines is 4. The minimum absolute atomic E-state index is 0.0532. The van der Waals surface area contributed by atoms with Crippen LogP contribution in [0.1, 0.15) is 61.7 Å². The lowest BCUT2D eigenvalue weighted by Crippen LogP contribution is -2.37. The Morgan fingerprint density at radius 2 is 1.15 bits per heavy atom. The number of halogens is 1. The third-order valence-electron chi connectivity index (χ3n) is 8.27. The zero-order chi connectivity index (χ0) is 23.4. The Balaban J connectivity index is 1.67. The van der Waals surface area contributed by atoms with Crippen molar-refractivity contribution in [2.24, 2.45) is 0 Å². The minimum Gasteiger partial charge on any atom is -0.314 e. The van der Waals surface area contributed by atoms with Crippen LogP contribution in [-0.2, 0) is 10.8 Å². The average Bonchev–Trinajstić information content (AvgIpc) is 3.18. The van der Waals surface area contributed by atoms with Gasteiger partial charge in [-0.15, -0.1) is 0 Å². The highest BCUT2D eigenvalue weighted by molar-refractivity contribution is 9.10. The van der Waals surface area contributed by atoms with Gasteiger partial charge in [0.15, 0.2) is 0 Å². The molecule has 4 aromatic rings. The molecule has 0 spiro atoms. The topological polar surface area (TPSA) is 6.48 Å². The van der Waals surface area contributed by atoms with Gasteiger partial charge >= 0.3 is 0 Å². The maximum atomic E-state index is 4.06. The lowest BCUT2D eigenvalue weighted by molar-refractivity contribution is 0.612. The molecule has 0 aliphatic carbocycles. The number of para-hydroxylation sites is 2. The van der Waals surface area contributed by atoms with Gasteiger partial charge in [0.25, 0.3) is 0 Å². The zero-order valence-corrected chi connectivity index (χ0v) is 21.5. The van der Waals surface area contributed by atoms with Crippen molar-refractivity contribution in [2.75, 3.05) is 9.80 Å². The van der Waals surface area contributed by atoms with Crippen LogP contribution in [0.4, 0.5) is 22.7 Å². The van der Waals surface area contributed by atoms with Crippen molar-refractivity contribution in [1.82, 2.24) is 0 Å². The van der Waals surface area contributed by atoms with Gasteiger partial charge in [-0.1, -0.05) is 110 Å². The van der Waals surface area contributed by atoms with Crippen molar-refractivity contribution in [3.8, 4) is 0 Å². The summed E-state index contributed by atoms with van der Waals surface area (Å²) in [6.45, 7) is 9.48. The maximum absolute atomic E-state index is 4.06. The lowest BCUT2D eigenvalue weighted by atomic mass is 9.69. The van der Waals surface area contributed by atoms with Gasteiger partial charge in [-0.2, -0.15) is 0 Å². The van der Waals surface area contributed by atoms with Crippen LogP contribution in [0.25, 0.3) is 0 Å². The van der Waals surface area contributed by atoms with E-state index in [4.69, 9.17) is 0 Å². The van der Waals surface area contributed by atoms with Gasteiger partial charge in [-0.05, 0) is 40.5 Å². The molecular formula is C31H27BrN2. The first-order valence-electron chi connectivity index (χ1n) is 12.0. The van der Waals surface area contributed by atoms with Crippen LogP contribution in [0.2, 0.25) is 0 Å². The van der Waals surface area contributed by atoms with Gasteiger partial charge in [0.2, 0.25) is 0 Å². The van der Waals surface area contributed by atoms with Gasteiger partial charge < -0.3 is 9.80 Å². The van der Waals surface area contributed by atoms with E-state index in [0.29, 0.717) is 0 Å². The number of nitrogens with zero attached hydrogens (tertiary/aromatic N) is 2. The van der Waals surface area contributed by atoms with E-state index in [2.05, 4.69) is 138 Å². The van der Waals surface area contributed by atoms with Gasteiger partial charge in [-0.3, -0.25) is 0 Å². The highest BCUT2D eigenvalue weighted by Gasteiger charge is 2.53. The van der Waals surface area contributed by atoms with Crippen molar-refractivity contribution >= 4 is 38.7 Å². The maximum Gasteiger partial charge on any atom is 0.137 e. The summed E-state index contributed by atoms with van der Waals surface area (Å²) in [5, 5.41) is 0. The highest BCUT2D eigenvalue weighted by Crippen LogP contribution is 2.67. The van der Waals surface area contributed by atoms with Gasteiger partial charge in [0.05, 0.1) is 11.4 Å². The molecule has 0 aromatic heterocycles. The summed E-state index contributed by atoms with van der Waals surface area (Å²) in [7, 11) is 0. The predicted octanol–water partition coefficient (Wildman–Crippen LogP) is 8.72. The number of hydrogen-bond acceptors (Lipinski definition) is 2. The van der Waals surface area contributed by atoms with Gasteiger partial charge in [-0.25, -0.2) is 0 Å². The fourth-order valence-corrected chi connectivity index (χ4v) is 7.58. The summed E-state index contributed by atoms with van der Waals surface area (Å²) in [6, 6.07) is 31.3. The van der Waals surface area contributed by atoms with Crippen LogP contribution < -0.4 is 9.80 Å². The largest absolute Gasteiger partial charge is 0.314 e. The standard InChI is InChI=1S/C31H27BrN2/c1-30(2)20-14-8-10-16-24(20)33-27-22(30)18-23(32)26-28(27)34(29(33)19-12-6-5-7-13-19)25-17-11-9-15-21(25)31(26,3)4/h5-18,29H,1-4H3. The molecule has 0 fully saturated rings. The van der Waals surface area contributed by atoms with Crippen LogP contribution in [-0.4, -0.2) is 0 Å². The molecule has 0 radical (unpaired) electrons. The third kappa shape index (κ3) is 2.31. The molecule has 0 saturated carbocycles. The van der Waals surface area contributed by atoms with E-state index in [1.165, 1.54) is 55.0 Å². The predicted molar refractivity (Wildman–Crippen MR) is 145 cm³/mol. The van der Waals surface area contributed by atoms with Crippen LogP contribution in [0.3, 0.4) is 0 Å². The molecule has 34 heavy (non-hydrogen) atoms. The van der Waals surface area contributed by atoms with Crippen molar-refractivity contribution < 1.29 is 0 Å². The molecule has 0 saturated heterocycles. The van der Waals surface area contributed by atoms with Crippen LogP contribution in [0.5, 0.6) is 0 Å². The van der Waals surface area contributed by atoms with Crippen molar-refractivity contribution in [3.05, 3.63) is 117 Å². The Kier molecular flexibility index (Phi) is 3.92. The summed E-state index contributed by atoms with van der Waals surface area (Å²) < 4.78 is 1.20. The summed E-state index contributed by atoms with van der Waals surface area (Å²) in [4.78, 5) is 5.21. The molecule has 1 unspecified atom stereocenters. The zero-order valence-electron chi connectivity index (χ0n) is 19.9. The average molecular weight is 507 g/mol. The highest BCUT2D eigenvalue weighted by atomic mass is 79.9. The van der Waals surface area contributed by atoms with Crippen LogP contribution >= 0.6 is 15.9 Å². The molecule has 4 aromatic carbocycles. The fourth-order valence-electron chi connectivity index (χ4n) is 6.67. The van der Waals surface area contributed by atoms with E-state index in [9.17, 15) is 0 Å². The summed E-state index contributed by atoms with van der Waals surface area (Å²) in [5.74, 6) is 0. The molecule has 3 heterocycles. The molecule has 0 amide bonds. The second kappa shape index (κ2) is 6.55. The van der Waals surface area contributed by atoms with Crippen molar-refractivity contribution in [1.29, 1.82) is 0 Å². The van der Waals surface area contributed by atoms with E-state index in [-0.39, 0.29) is 17.0 Å². The molecule has 168 valence electrons. The first-order chi connectivity index (χ1) is 16.3. The SMILES string of the molecule is CC1(C)c2ccccc2N2c3c1cc(Br)c1c3N(c3ccccc3C1(C)C)C2c1ccccc1. The molecule has 1 atom stereocenters. The van der Waals surface area contributed by atoms with Gasteiger partial charge in [0, 0.05) is 32.2 Å². The normalized spacial score (nSPS) is 20.0. The number of benzene rings is 4. The molecule has 3 aliphatic heterocycles. The Morgan fingerprint density at radius 1 is 0.618 bits per heavy atom. The smallest absolute Gasteiger partial charge is 0.137 e. The molecule has 2 nitrogen and oxygen atoms in total. The van der Waals surface area contributed by atoms with Crippen LogP contribution in [0, 0.1) is 0 Å². The Bertz CT molecular complexity index is 1490. The van der Waals surface area contributed by atoms with Gasteiger partial charge in [0.1, 0.15) is 6.17 Å². The first-order valence-corrected chi connectivity index (χ1v) is 12.8. The van der Waals surface area contributed by atoms with Crippen molar-refractivity contribution in [3.63, 3.8) is 0 Å². The monoisotopic (exact) mass is 506 g/mol. The third-order valence-corrected chi connectivity index (χ3v) is 8.89. The number of rotatable bonds is 1. The van der Waals surface area contributed by atoms with Crippen LogP contribution in [0.15, 0.2) is 89.4 Å².